The van der Waals surface area contributed by atoms with E-state index in [-0.39, 0.29) is 5.56 Å². The van der Waals surface area contributed by atoms with Crippen LogP contribution < -0.4 is 10.3 Å². The number of nitrogens with zero attached hydrogens (tertiary/aromatic N) is 3. The van der Waals surface area contributed by atoms with Crippen molar-refractivity contribution in [1.82, 2.24) is 14.5 Å². The highest BCUT2D eigenvalue weighted by Gasteiger charge is 2.43. The van der Waals surface area contributed by atoms with Crippen molar-refractivity contribution in [2.75, 3.05) is 0 Å². The Labute approximate surface area is 115 Å². The van der Waals surface area contributed by atoms with E-state index < -0.39 is 17.7 Å². The van der Waals surface area contributed by atoms with Crippen molar-refractivity contribution in [3.05, 3.63) is 53.0 Å². The van der Waals surface area contributed by atoms with E-state index in [9.17, 15) is 9.90 Å². The zero-order chi connectivity index (χ0) is 14.3. The third kappa shape index (κ3) is 1.98. The fourth-order valence-electron chi connectivity index (χ4n) is 2.45. The summed E-state index contributed by atoms with van der Waals surface area (Å²) < 4.78 is 7.53. The predicted octanol–water partition coefficient (Wildman–Crippen LogP) is 0.760. The maximum atomic E-state index is 11.1. The molecule has 2 aromatic heterocycles. The third-order valence-electron chi connectivity index (χ3n) is 3.54. The van der Waals surface area contributed by atoms with Gasteiger partial charge in [-0.1, -0.05) is 0 Å². The second kappa shape index (κ2) is 4.42. The van der Waals surface area contributed by atoms with Gasteiger partial charge in [-0.2, -0.15) is 4.98 Å². The molecule has 104 valence electrons. The van der Waals surface area contributed by atoms with Crippen LogP contribution in [0.2, 0.25) is 0 Å². The van der Waals surface area contributed by atoms with Crippen LogP contribution in [0.5, 0.6) is 5.75 Å². The Kier molecular flexibility index (Phi) is 2.83. The summed E-state index contributed by atoms with van der Waals surface area (Å²) in [5.41, 5.74) is -0.291. The highest BCUT2D eigenvalue weighted by molar-refractivity contribution is 5.38. The van der Waals surface area contributed by atoms with E-state index in [4.69, 9.17) is 4.74 Å². The Morgan fingerprint density at radius 2 is 2.20 bits per heavy atom. The minimum atomic E-state index is -0.788. The number of aliphatic hydroxyl groups is 1. The van der Waals surface area contributed by atoms with Crippen LogP contribution in [-0.4, -0.2) is 31.3 Å². The van der Waals surface area contributed by atoms with E-state index in [1.807, 2.05) is 13.8 Å². The average Bonchev–Trinajstić information content (AvgIpc) is 2.41. The highest BCUT2D eigenvalue weighted by atomic mass is 16.5. The molecular weight excluding hydrogens is 258 g/mol. The van der Waals surface area contributed by atoms with Gasteiger partial charge in [-0.25, -0.2) is 0 Å². The van der Waals surface area contributed by atoms with E-state index in [2.05, 4.69) is 9.97 Å². The lowest BCUT2D eigenvalue weighted by Gasteiger charge is -2.42. The fourth-order valence-corrected chi connectivity index (χ4v) is 2.45. The van der Waals surface area contributed by atoms with Crippen LogP contribution in [-0.2, 0) is 0 Å². The molecule has 20 heavy (non-hydrogen) atoms. The van der Waals surface area contributed by atoms with Crippen molar-refractivity contribution in [1.29, 1.82) is 0 Å². The molecule has 2 aromatic rings. The van der Waals surface area contributed by atoms with Gasteiger partial charge in [0.15, 0.2) is 0 Å². The molecule has 6 nitrogen and oxygen atoms in total. The first-order chi connectivity index (χ1) is 9.49. The van der Waals surface area contributed by atoms with Crippen LogP contribution in [0.3, 0.4) is 0 Å². The van der Waals surface area contributed by atoms with Gasteiger partial charge in [0.2, 0.25) is 0 Å². The second-order valence-corrected chi connectivity index (χ2v) is 5.35. The molecule has 0 amide bonds. The van der Waals surface area contributed by atoms with Crippen molar-refractivity contribution in [3.63, 3.8) is 0 Å². The quantitative estimate of drug-likeness (QED) is 0.830. The van der Waals surface area contributed by atoms with Gasteiger partial charge in [-0.15, -0.1) is 0 Å². The average molecular weight is 273 g/mol. The largest absolute Gasteiger partial charge is 0.485 e. The van der Waals surface area contributed by atoms with Crippen molar-refractivity contribution in [3.8, 4) is 5.75 Å². The minimum absolute atomic E-state index is 0.312. The van der Waals surface area contributed by atoms with E-state index in [0.717, 1.165) is 5.56 Å². The number of aliphatic hydroxyl groups excluding tert-OH is 1. The summed E-state index contributed by atoms with van der Waals surface area (Å²) in [5, 5.41) is 10.6. The molecule has 6 heteroatoms. The molecule has 0 unspecified atom stereocenters. The lowest BCUT2D eigenvalue weighted by Crippen LogP contribution is -2.50. The fraction of sp³-hybridized carbons (Fsp3) is 0.357. The Balaban J connectivity index is 2.17. The Morgan fingerprint density at radius 3 is 2.90 bits per heavy atom. The molecule has 1 aliphatic rings. The maximum absolute atomic E-state index is 11.1. The summed E-state index contributed by atoms with van der Waals surface area (Å²) in [5.74, 6) is 0.680. The predicted molar refractivity (Wildman–Crippen MR) is 71.6 cm³/mol. The number of ether oxygens (including phenoxy) is 1. The number of hydrogen-bond donors (Lipinski definition) is 1. The number of fused-ring (bicyclic) bond motifs is 1. The molecule has 1 aliphatic heterocycles. The first-order valence-electron chi connectivity index (χ1n) is 6.34. The lowest BCUT2D eigenvalue weighted by molar-refractivity contribution is -0.0641. The number of aromatic nitrogens is 3. The number of hydrogen-bond acceptors (Lipinski definition) is 5. The third-order valence-corrected chi connectivity index (χ3v) is 3.54. The van der Waals surface area contributed by atoms with Crippen LogP contribution >= 0.6 is 0 Å². The van der Waals surface area contributed by atoms with Crippen molar-refractivity contribution >= 4 is 0 Å². The van der Waals surface area contributed by atoms with Crippen molar-refractivity contribution in [2.24, 2.45) is 0 Å². The van der Waals surface area contributed by atoms with Gasteiger partial charge in [0.25, 0.3) is 5.56 Å². The molecule has 0 aliphatic carbocycles. The molecule has 0 saturated heterocycles. The van der Waals surface area contributed by atoms with Crippen LogP contribution in [0.15, 0.2) is 41.8 Å². The summed E-state index contributed by atoms with van der Waals surface area (Å²) >= 11 is 0. The summed E-state index contributed by atoms with van der Waals surface area (Å²) in [6, 6.07) is 2.74. The van der Waals surface area contributed by atoms with E-state index in [1.54, 1.807) is 29.2 Å². The zero-order valence-electron chi connectivity index (χ0n) is 11.2. The molecule has 0 radical (unpaired) electrons. The van der Waals surface area contributed by atoms with Crippen LogP contribution in [0.4, 0.5) is 0 Å². The van der Waals surface area contributed by atoms with E-state index in [0.29, 0.717) is 5.75 Å². The smallest absolute Gasteiger partial charge is 0.272 e. The second-order valence-electron chi connectivity index (χ2n) is 5.35. The molecule has 0 fully saturated rings. The monoisotopic (exact) mass is 273 g/mol. The van der Waals surface area contributed by atoms with Gasteiger partial charge in [0.05, 0.1) is 12.4 Å². The Hall–Kier alpha value is -2.21. The maximum Gasteiger partial charge on any atom is 0.272 e. The lowest BCUT2D eigenvalue weighted by atomic mass is 9.87. The van der Waals surface area contributed by atoms with Gasteiger partial charge in [0, 0.05) is 30.2 Å². The van der Waals surface area contributed by atoms with Gasteiger partial charge >= 0.3 is 0 Å². The van der Waals surface area contributed by atoms with Crippen LogP contribution in [0.25, 0.3) is 0 Å². The molecule has 1 N–H and O–H groups in total. The first kappa shape index (κ1) is 12.8. The van der Waals surface area contributed by atoms with Gasteiger partial charge in [-0.3, -0.25) is 9.78 Å². The SMILES string of the molecule is CC1(C)Oc2ccncc2[C@@H](n2ccc(=O)nc2)[C@@H]1O. The standard InChI is InChI=1S/C14H15N3O3/c1-14(2)13(19)12(17-6-4-11(18)16-8-17)9-7-15-5-3-10(9)20-14/h3-8,12-13,19H,1-2H3/t12-,13+/m1/s1. The van der Waals surface area contributed by atoms with Crippen molar-refractivity contribution < 1.29 is 9.84 Å². The summed E-state index contributed by atoms with van der Waals surface area (Å²) in [7, 11) is 0. The molecule has 0 saturated carbocycles. The normalized spacial score (nSPS) is 23.8. The number of rotatable bonds is 1. The summed E-state index contributed by atoms with van der Waals surface area (Å²) in [4.78, 5) is 19.0. The van der Waals surface area contributed by atoms with E-state index >= 15 is 0 Å². The molecule has 0 aromatic carbocycles. The molecule has 0 bridgehead atoms. The first-order valence-corrected chi connectivity index (χ1v) is 6.34. The molecular formula is C14H15N3O3. The zero-order valence-corrected chi connectivity index (χ0v) is 11.2. The topological polar surface area (TPSA) is 77.2 Å². The van der Waals surface area contributed by atoms with Crippen LogP contribution in [0.1, 0.15) is 25.5 Å². The van der Waals surface area contributed by atoms with Gasteiger partial charge in [0.1, 0.15) is 17.5 Å². The van der Waals surface area contributed by atoms with Gasteiger partial charge in [-0.05, 0) is 19.9 Å². The summed E-state index contributed by atoms with van der Waals surface area (Å²) in [6.45, 7) is 3.65. The molecule has 3 heterocycles. The number of pyridine rings is 1. The van der Waals surface area contributed by atoms with Gasteiger partial charge < -0.3 is 14.4 Å². The van der Waals surface area contributed by atoms with Crippen molar-refractivity contribution in [2.45, 2.75) is 31.6 Å². The van der Waals surface area contributed by atoms with Crippen LogP contribution in [0, 0.1) is 0 Å². The highest BCUT2D eigenvalue weighted by Crippen LogP contribution is 2.40. The Morgan fingerprint density at radius 1 is 1.40 bits per heavy atom. The summed E-state index contributed by atoms with van der Waals surface area (Å²) in [6.07, 6.45) is 5.56. The minimum Gasteiger partial charge on any atom is -0.485 e. The molecule has 0 spiro atoms. The Bertz CT molecular complexity index is 676. The molecule has 3 rings (SSSR count). The van der Waals surface area contributed by atoms with E-state index in [1.165, 1.54) is 12.4 Å². The molecule has 2 atom stereocenters.